The van der Waals surface area contributed by atoms with Crippen LogP contribution in [0.3, 0.4) is 0 Å². The van der Waals surface area contributed by atoms with Gasteiger partial charge in [-0.15, -0.1) is 0 Å². The molecule has 0 aliphatic heterocycles. The van der Waals surface area contributed by atoms with Crippen molar-refractivity contribution >= 4 is 5.97 Å². The lowest BCUT2D eigenvalue weighted by atomic mass is 9.81. The van der Waals surface area contributed by atoms with E-state index >= 15 is 0 Å². The van der Waals surface area contributed by atoms with Gasteiger partial charge in [0.2, 0.25) is 0 Å². The summed E-state index contributed by atoms with van der Waals surface area (Å²) < 4.78 is 1.81. The molecule has 3 rings (SSSR count). The molecule has 21 heavy (non-hydrogen) atoms. The smallest absolute Gasteiger partial charge is 0.310 e. The number of aromatic nitrogens is 3. The second-order valence-corrected chi connectivity index (χ2v) is 6.10. The number of carbonyl (C=O) groups is 1. The molecule has 0 amide bonds. The molecule has 1 heterocycles. The number of carboxylic acid groups (broad SMARTS) is 1. The van der Waals surface area contributed by atoms with Crippen molar-refractivity contribution in [2.45, 2.75) is 39.2 Å². The predicted molar refractivity (Wildman–Crippen MR) is 78.0 cm³/mol. The fourth-order valence-corrected chi connectivity index (χ4v) is 3.18. The molecule has 5 heteroatoms. The van der Waals surface area contributed by atoms with Gasteiger partial charge in [0, 0.05) is 12.5 Å². The highest BCUT2D eigenvalue weighted by molar-refractivity contribution is 5.77. The van der Waals surface area contributed by atoms with Crippen molar-refractivity contribution in [3.05, 3.63) is 47.5 Å². The van der Waals surface area contributed by atoms with Gasteiger partial charge in [0.1, 0.15) is 12.2 Å². The van der Waals surface area contributed by atoms with Crippen molar-refractivity contribution < 1.29 is 9.90 Å². The lowest BCUT2D eigenvalue weighted by Gasteiger charge is -2.24. The molecule has 1 aromatic carbocycles. The van der Waals surface area contributed by atoms with Crippen molar-refractivity contribution in [2.24, 2.45) is 5.41 Å². The first-order valence-corrected chi connectivity index (χ1v) is 7.20. The summed E-state index contributed by atoms with van der Waals surface area (Å²) in [5.74, 6) is -0.00258. The van der Waals surface area contributed by atoms with Crippen LogP contribution in [0.2, 0.25) is 0 Å². The van der Waals surface area contributed by atoms with E-state index in [0.29, 0.717) is 19.3 Å². The molecular formula is C16H19N3O2. The maximum atomic E-state index is 11.9. The van der Waals surface area contributed by atoms with Gasteiger partial charge in [-0.2, -0.15) is 5.10 Å². The lowest BCUT2D eigenvalue weighted by Crippen LogP contribution is -2.35. The number of nitrogens with zero attached hydrogens (tertiary/aromatic N) is 3. The highest BCUT2D eigenvalue weighted by atomic mass is 16.4. The van der Waals surface area contributed by atoms with E-state index < -0.39 is 11.4 Å². The molecule has 2 aromatic rings. The molecule has 1 aliphatic rings. The summed E-state index contributed by atoms with van der Waals surface area (Å²) in [4.78, 5) is 16.2. The first-order chi connectivity index (χ1) is 10.0. The number of fused-ring (bicyclic) bond motifs is 1. The molecular weight excluding hydrogens is 266 g/mol. The highest BCUT2D eigenvalue weighted by Gasteiger charge is 2.45. The third kappa shape index (κ3) is 2.33. The van der Waals surface area contributed by atoms with Crippen LogP contribution in [0.25, 0.3) is 0 Å². The number of aliphatic carboxylic acids is 1. The second kappa shape index (κ2) is 4.98. The third-order valence-electron chi connectivity index (χ3n) is 4.26. The molecule has 1 N–H and O–H groups in total. The lowest BCUT2D eigenvalue weighted by molar-refractivity contribution is -0.148. The fourth-order valence-electron chi connectivity index (χ4n) is 3.18. The van der Waals surface area contributed by atoms with Crippen molar-refractivity contribution in [1.29, 1.82) is 0 Å². The van der Waals surface area contributed by atoms with Crippen LogP contribution >= 0.6 is 0 Å². The Kier molecular flexibility index (Phi) is 3.27. The van der Waals surface area contributed by atoms with E-state index in [1.807, 2.05) is 42.8 Å². The SMILES string of the molecule is CC(C)n1ncnc1CC1(C(=O)O)Cc2ccccc2C1. The molecule has 0 radical (unpaired) electrons. The van der Waals surface area contributed by atoms with Crippen LogP contribution < -0.4 is 0 Å². The predicted octanol–water partition coefficient (Wildman–Crippen LogP) is 2.27. The van der Waals surface area contributed by atoms with E-state index in [9.17, 15) is 9.90 Å². The Morgan fingerprint density at radius 1 is 1.33 bits per heavy atom. The molecule has 0 saturated heterocycles. The van der Waals surface area contributed by atoms with E-state index in [-0.39, 0.29) is 6.04 Å². The van der Waals surface area contributed by atoms with Gasteiger partial charge in [-0.05, 0) is 37.8 Å². The Morgan fingerprint density at radius 2 is 1.95 bits per heavy atom. The Morgan fingerprint density at radius 3 is 2.48 bits per heavy atom. The summed E-state index contributed by atoms with van der Waals surface area (Å²) in [6.45, 7) is 4.05. The van der Waals surface area contributed by atoms with Crippen LogP contribution in [0.15, 0.2) is 30.6 Å². The Bertz CT molecular complexity index is 651. The normalized spacial score (nSPS) is 16.1. The monoisotopic (exact) mass is 285 g/mol. The van der Waals surface area contributed by atoms with Crippen LogP contribution in [-0.4, -0.2) is 25.8 Å². The summed E-state index contributed by atoms with van der Waals surface area (Å²) in [7, 11) is 0. The van der Waals surface area contributed by atoms with Crippen LogP contribution in [-0.2, 0) is 24.1 Å². The zero-order chi connectivity index (χ0) is 15.0. The van der Waals surface area contributed by atoms with Gasteiger partial charge >= 0.3 is 5.97 Å². The van der Waals surface area contributed by atoms with Crippen LogP contribution in [0.5, 0.6) is 0 Å². The largest absolute Gasteiger partial charge is 0.481 e. The first kappa shape index (κ1) is 13.8. The molecule has 0 fully saturated rings. The van der Waals surface area contributed by atoms with Gasteiger partial charge in [-0.25, -0.2) is 9.67 Å². The minimum atomic E-state index is -0.802. The molecule has 1 aromatic heterocycles. The topological polar surface area (TPSA) is 68.0 Å². The van der Waals surface area contributed by atoms with Crippen LogP contribution in [0.4, 0.5) is 0 Å². The minimum Gasteiger partial charge on any atom is -0.481 e. The Balaban J connectivity index is 1.94. The number of hydrogen-bond donors (Lipinski definition) is 1. The molecule has 1 aliphatic carbocycles. The second-order valence-electron chi connectivity index (χ2n) is 6.10. The highest BCUT2D eigenvalue weighted by Crippen LogP contribution is 2.39. The Hall–Kier alpha value is -2.17. The summed E-state index contributed by atoms with van der Waals surface area (Å²) >= 11 is 0. The van der Waals surface area contributed by atoms with Gasteiger partial charge in [-0.1, -0.05) is 24.3 Å². The van der Waals surface area contributed by atoms with Crippen molar-refractivity contribution in [1.82, 2.24) is 14.8 Å². The van der Waals surface area contributed by atoms with E-state index in [2.05, 4.69) is 10.1 Å². The standard InChI is InChI=1S/C16H19N3O2/c1-11(2)19-14(17-10-18-19)9-16(15(20)21)7-12-5-3-4-6-13(12)8-16/h3-6,10-11H,7-9H2,1-2H3,(H,20,21). The first-order valence-electron chi connectivity index (χ1n) is 7.20. The van der Waals surface area contributed by atoms with Crippen molar-refractivity contribution in [3.63, 3.8) is 0 Å². The minimum absolute atomic E-state index is 0.178. The third-order valence-corrected chi connectivity index (χ3v) is 4.26. The zero-order valence-corrected chi connectivity index (χ0v) is 12.3. The van der Waals surface area contributed by atoms with Crippen molar-refractivity contribution in [2.75, 3.05) is 0 Å². The van der Waals surface area contributed by atoms with Gasteiger partial charge in [0.25, 0.3) is 0 Å². The summed E-state index contributed by atoms with van der Waals surface area (Å²) in [5.41, 5.74) is 1.47. The number of carboxylic acids is 1. The number of hydrogen-bond acceptors (Lipinski definition) is 3. The van der Waals surface area contributed by atoms with Gasteiger partial charge in [0.05, 0.1) is 5.41 Å². The summed E-state index contributed by atoms with van der Waals surface area (Å²) in [6.07, 6.45) is 3.04. The van der Waals surface area contributed by atoms with E-state index in [4.69, 9.17) is 0 Å². The van der Waals surface area contributed by atoms with Crippen molar-refractivity contribution in [3.8, 4) is 0 Å². The number of rotatable bonds is 4. The maximum absolute atomic E-state index is 11.9. The van der Waals surface area contributed by atoms with Gasteiger partial charge in [0.15, 0.2) is 0 Å². The zero-order valence-electron chi connectivity index (χ0n) is 12.3. The van der Waals surface area contributed by atoms with Gasteiger partial charge < -0.3 is 5.11 Å². The molecule has 0 unspecified atom stereocenters. The van der Waals surface area contributed by atoms with E-state index in [1.165, 1.54) is 6.33 Å². The van der Waals surface area contributed by atoms with Crippen LogP contribution in [0, 0.1) is 5.41 Å². The van der Waals surface area contributed by atoms with E-state index in [0.717, 1.165) is 17.0 Å². The summed E-state index contributed by atoms with van der Waals surface area (Å²) in [5, 5.41) is 14.0. The fraction of sp³-hybridized carbons (Fsp3) is 0.438. The molecule has 110 valence electrons. The molecule has 5 nitrogen and oxygen atoms in total. The molecule has 0 spiro atoms. The van der Waals surface area contributed by atoms with Gasteiger partial charge in [-0.3, -0.25) is 4.79 Å². The van der Waals surface area contributed by atoms with E-state index in [1.54, 1.807) is 0 Å². The molecule has 0 bridgehead atoms. The quantitative estimate of drug-likeness (QED) is 0.935. The average molecular weight is 285 g/mol. The molecule has 0 atom stereocenters. The maximum Gasteiger partial charge on any atom is 0.310 e. The Labute approximate surface area is 123 Å². The molecule has 0 saturated carbocycles. The van der Waals surface area contributed by atoms with Crippen LogP contribution in [0.1, 0.15) is 36.8 Å². The summed E-state index contributed by atoms with van der Waals surface area (Å²) in [6, 6.07) is 8.15. The number of benzene rings is 1. The average Bonchev–Trinajstić information content (AvgIpc) is 3.03.